The van der Waals surface area contributed by atoms with Crippen molar-refractivity contribution in [3.63, 3.8) is 0 Å². The van der Waals surface area contributed by atoms with Crippen molar-refractivity contribution in [1.82, 2.24) is 14.9 Å². The number of aromatic nitrogens is 2. The molecular weight excluding hydrogens is 398 g/mol. The van der Waals surface area contributed by atoms with Crippen molar-refractivity contribution >= 4 is 22.5 Å². The summed E-state index contributed by atoms with van der Waals surface area (Å²) in [6.07, 6.45) is -0.839. The van der Waals surface area contributed by atoms with Crippen molar-refractivity contribution in [2.24, 2.45) is 17.3 Å². The van der Waals surface area contributed by atoms with Gasteiger partial charge in [-0.05, 0) is 37.4 Å². The maximum atomic E-state index is 13.9. The number of nitrogens with one attached hydrogen (secondary N) is 1. The molecule has 2 saturated heterocycles. The molecule has 0 amide bonds. The monoisotopic (exact) mass is 421 g/mol. The van der Waals surface area contributed by atoms with Gasteiger partial charge in [-0.25, -0.2) is 27.5 Å². The third kappa shape index (κ3) is 2.70. The van der Waals surface area contributed by atoms with Crippen LogP contribution in [0.3, 0.4) is 0 Å². The smallest absolute Gasteiger partial charge is 0.263 e. The molecule has 1 aromatic carbocycles. The molecule has 0 bridgehead atoms. The van der Waals surface area contributed by atoms with E-state index in [0.717, 1.165) is 13.1 Å². The molecule has 1 unspecified atom stereocenters. The van der Waals surface area contributed by atoms with Crippen LogP contribution in [-0.4, -0.2) is 60.1 Å². The van der Waals surface area contributed by atoms with Crippen LogP contribution in [0.25, 0.3) is 10.9 Å². The molecule has 2 saturated carbocycles. The number of anilines is 2. The molecule has 9 heteroatoms. The normalized spacial score (nSPS) is 34.2. The Bertz CT molecular complexity index is 1020. The van der Waals surface area contributed by atoms with E-state index in [1.54, 1.807) is 11.1 Å². The number of hydrogen-bond acceptors (Lipinski definition) is 5. The fourth-order valence-electron chi connectivity index (χ4n) is 5.59. The molecule has 0 radical (unpaired) electrons. The summed E-state index contributed by atoms with van der Waals surface area (Å²) in [5, 5.41) is 3.90. The van der Waals surface area contributed by atoms with Gasteiger partial charge in [0, 0.05) is 55.8 Å². The Labute approximate surface area is 171 Å². The molecule has 1 spiro atoms. The topological polar surface area (TPSA) is 44.3 Å². The van der Waals surface area contributed by atoms with Gasteiger partial charge >= 0.3 is 0 Å². The number of fused-ring (bicyclic) bond motifs is 2. The summed E-state index contributed by atoms with van der Waals surface area (Å²) in [6, 6.07) is 3.14. The highest BCUT2D eigenvalue weighted by atomic mass is 19.3. The van der Waals surface area contributed by atoms with Crippen molar-refractivity contribution in [3.05, 3.63) is 23.9 Å². The second kappa shape index (κ2) is 5.96. The van der Waals surface area contributed by atoms with Gasteiger partial charge in [-0.15, -0.1) is 0 Å². The lowest BCUT2D eigenvalue weighted by Crippen LogP contribution is -2.25. The van der Waals surface area contributed by atoms with E-state index in [1.165, 1.54) is 12.1 Å². The second-order valence-electron chi connectivity index (χ2n) is 9.52. The summed E-state index contributed by atoms with van der Waals surface area (Å²) in [7, 11) is 2.11. The standard InChI is InChI=1S/C21H23F4N5/c1-29-7-13-14(8-29)17(13)28-19-26-6-12-4-11(18(22)23)5-15(16(12)27-19)30-3-2-20(10-30)9-21(20,24)25/h4-6,13-14,17-18H,2-3,7-10H2,1H3,(H,26,27,28)/t13-,14-,20?/m1/s1. The van der Waals surface area contributed by atoms with Gasteiger partial charge in [-0.2, -0.15) is 0 Å². The molecule has 2 aliphatic carbocycles. The largest absolute Gasteiger partial charge is 0.369 e. The Morgan fingerprint density at radius 2 is 1.93 bits per heavy atom. The fraction of sp³-hybridized carbons (Fsp3) is 0.619. The summed E-state index contributed by atoms with van der Waals surface area (Å²) in [4.78, 5) is 13.1. The SMILES string of the molecule is CN1C[C@H]2C(Nc3ncc4cc(C(F)F)cc(N5CCC6(C5)CC6(F)F)c4n3)[C@@H]2C1. The number of alkyl halides is 4. The molecule has 2 aromatic rings. The van der Waals surface area contributed by atoms with Crippen LogP contribution in [0, 0.1) is 17.3 Å². The molecule has 6 rings (SSSR count). The van der Waals surface area contributed by atoms with Crippen molar-refractivity contribution in [1.29, 1.82) is 0 Å². The molecule has 1 aromatic heterocycles. The summed E-state index contributed by atoms with van der Waals surface area (Å²) in [5.74, 6) is -1.01. The number of benzene rings is 1. The lowest BCUT2D eigenvalue weighted by Gasteiger charge is -2.22. The Kier molecular flexibility index (Phi) is 3.69. The summed E-state index contributed by atoms with van der Waals surface area (Å²) in [6.45, 7) is 2.68. The average molecular weight is 421 g/mol. The minimum absolute atomic E-state index is 0.121. The fourth-order valence-corrected chi connectivity index (χ4v) is 5.59. The minimum Gasteiger partial charge on any atom is -0.369 e. The van der Waals surface area contributed by atoms with E-state index in [2.05, 4.69) is 27.2 Å². The van der Waals surface area contributed by atoms with Crippen LogP contribution >= 0.6 is 0 Å². The maximum Gasteiger partial charge on any atom is 0.263 e. The van der Waals surface area contributed by atoms with E-state index in [9.17, 15) is 17.6 Å². The summed E-state index contributed by atoms with van der Waals surface area (Å²) >= 11 is 0. The van der Waals surface area contributed by atoms with Crippen LogP contribution in [0.15, 0.2) is 18.3 Å². The first-order valence-corrected chi connectivity index (χ1v) is 10.4. The van der Waals surface area contributed by atoms with Gasteiger partial charge in [0.2, 0.25) is 5.95 Å². The van der Waals surface area contributed by atoms with E-state index in [0.29, 0.717) is 53.4 Å². The van der Waals surface area contributed by atoms with Crippen molar-refractivity contribution < 1.29 is 17.6 Å². The molecule has 3 atom stereocenters. The second-order valence-corrected chi connectivity index (χ2v) is 9.52. The first-order chi connectivity index (χ1) is 14.3. The quantitative estimate of drug-likeness (QED) is 0.762. The molecule has 1 N–H and O–H groups in total. The molecule has 5 nitrogen and oxygen atoms in total. The highest BCUT2D eigenvalue weighted by Gasteiger charge is 2.72. The molecule has 160 valence electrons. The van der Waals surface area contributed by atoms with Crippen molar-refractivity contribution in [3.8, 4) is 0 Å². The van der Waals surface area contributed by atoms with Gasteiger partial charge in [-0.1, -0.05) is 0 Å². The van der Waals surface area contributed by atoms with Crippen LogP contribution < -0.4 is 10.2 Å². The summed E-state index contributed by atoms with van der Waals surface area (Å²) in [5.41, 5.74) is -0.0966. The van der Waals surface area contributed by atoms with Crippen LogP contribution in [0.5, 0.6) is 0 Å². The zero-order chi connectivity index (χ0) is 20.8. The number of likely N-dealkylation sites (tertiary alicyclic amines) is 1. The van der Waals surface area contributed by atoms with Gasteiger partial charge in [0.25, 0.3) is 12.3 Å². The highest BCUT2D eigenvalue weighted by molar-refractivity contribution is 5.92. The predicted molar refractivity (Wildman–Crippen MR) is 105 cm³/mol. The third-order valence-corrected chi connectivity index (χ3v) is 7.52. The van der Waals surface area contributed by atoms with Gasteiger partial charge in [0.05, 0.1) is 16.6 Å². The van der Waals surface area contributed by atoms with E-state index in [1.807, 2.05) is 0 Å². The van der Waals surface area contributed by atoms with E-state index >= 15 is 0 Å². The van der Waals surface area contributed by atoms with Crippen LogP contribution in [0.1, 0.15) is 24.8 Å². The third-order valence-electron chi connectivity index (χ3n) is 7.52. The van der Waals surface area contributed by atoms with Crippen LogP contribution in [0.2, 0.25) is 0 Å². The number of piperidine rings is 1. The predicted octanol–water partition coefficient (Wildman–Crippen LogP) is 3.77. The number of rotatable bonds is 4. The zero-order valence-electron chi connectivity index (χ0n) is 16.6. The van der Waals surface area contributed by atoms with E-state index in [4.69, 9.17) is 0 Å². The van der Waals surface area contributed by atoms with Gasteiger partial charge in [-0.3, -0.25) is 0 Å². The zero-order valence-corrected chi connectivity index (χ0v) is 16.6. The van der Waals surface area contributed by atoms with Crippen LogP contribution in [0.4, 0.5) is 29.2 Å². The number of halogens is 4. The first-order valence-electron chi connectivity index (χ1n) is 10.4. The molecule has 30 heavy (non-hydrogen) atoms. The Morgan fingerprint density at radius 3 is 2.57 bits per heavy atom. The highest BCUT2D eigenvalue weighted by Crippen LogP contribution is 2.65. The Hall–Kier alpha value is -2.16. The average Bonchev–Trinajstić information content (AvgIpc) is 3.25. The van der Waals surface area contributed by atoms with E-state index in [-0.39, 0.29) is 18.5 Å². The Balaban J connectivity index is 1.33. The lowest BCUT2D eigenvalue weighted by atomic mass is 10.1. The van der Waals surface area contributed by atoms with E-state index < -0.39 is 17.8 Å². The number of hydrogen-bond donors (Lipinski definition) is 1. The van der Waals surface area contributed by atoms with Crippen molar-refractivity contribution in [2.75, 3.05) is 43.4 Å². The van der Waals surface area contributed by atoms with Gasteiger partial charge < -0.3 is 15.1 Å². The molecule has 3 heterocycles. The van der Waals surface area contributed by atoms with Crippen molar-refractivity contribution in [2.45, 2.75) is 31.2 Å². The van der Waals surface area contributed by atoms with Gasteiger partial charge in [0.15, 0.2) is 0 Å². The lowest BCUT2D eigenvalue weighted by molar-refractivity contribution is 0.0711. The molecular formula is C21H23F4N5. The Morgan fingerprint density at radius 1 is 1.20 bits per heavy atom. The molecule has 4 aliphatic rings. The summed E-state index contributed by atoms with van der Waals surface area (Å²) < 4.78 is 54.7. The maximum absolute atomic E-state index is 13.9. The minimum atomic E-state index is -2.66. The van der Waals surface area contributed by atoms with Crippen LogP contribution in [-0.2, 0) is 0 Å². The first kappa shape index (κ1) is 18.6. The molecule has 2 aliphatic heterocycles. The number of nitrogens with zero attached hydrogens (tertiary/aromatic N) is 4. The molecule has 4 fully saturated rings. The van der Waals surface area contributed by atoms with Gasteiger partial charge in [0.1, 0.15) is 0 Å².